The van der Waals surface area contributed by atoms with E-state index in [4.69, 9.17) is 0 Å². The quantitative estimate of drug-likeness (QED) is 0.660. The summed E-state index contributed by atoms with van der Waals surface area (Å²) in [4.78, 5) is 31.4. The lowest BCUT2D eigenvalue weighted by atomic mass is 9.83. The largest absolute Gasteiger partial charge is 0.339 e. The van der Waals surface area contributed by atoms with Gasteiger partial charge in [0, 0.05) is 44.7 Å². The van der Waals surface area contributed by atoms with Crippen LogP contribution in [-0.4, -0.2) is 71.8 Å². The van der Waals surface area contributed by atoms with Crippen molar-refractivity contribution < 1.29 is 14.0 Å². The number of rotatable bonds is 7. The molecule has 2 fully saturated rings. The van der Waals surface area contributed by atoms with E-state index in [1.54, 1.807) is 18.2 Å². The Balaban J connectivity index is 1.58. The molecule has 29 heavy (non-hydrogen) atoms. The second kappa shape index (κ2) is 10.0. The number of likely N-dealkylation sites (tertiary alicyclic amines) is 2. The highest BCUT2D eigenvalue weighted by Crippen LogP contribution is 2.31. The molecule has 0 bridgehead atoms. The van der Waals surface area contributed by atoms with E-state index in [2.05, 4.69) is 23.6 Å². The molecule has 0 aromatic heterocycles. The van der Waals surface area contributed by atoms with Gasteiger partial charge in [0.1, 0.15) is 5.82 Å². The van der Waals surface area contributed by atoms with Gasteiger partial charge in [-0.25, -0.2) is 4.39 Å². The van der Waals surface area contributed by atoms with Crippen molar-refractivity contribution in [2.45, 2.75) is 39.2 Å². The van der Waals surface area contributed by atoms with E-state index in [1.807, 2.05) is 4.90 Å². The van der Waals surface area contributed by atoms with Crippen LogP contribution in [0.3, 0.4) is 0 Å². The maximum absolute atomic E-state index is 13.3. The van der Waals surface area contributed by atoms with Gasteiger partial charge in [0.2, 0.25) is 11.8 Å². The van der Waals surface area contributed by atoms with Crippen molar-refractivity contribution in [1.29, 1.82) is 0 Å². The Morgan fingerprint density at radius 2 is 2.07 bits per heavy atom. The van der Waals surface area contributed by atoms with Crippen LogP contribution < -0.4 is 0 Å². The molecular formula is C23H32FN3O2. The van der Waals surface area contributed by atoms with Gasteiger partial charge in [-0.1, -0.05) is 26.0 Å². The van der Waals surface area contributed by atoms with Crippen molar-refractivity contribution in [2.75, 3.05) is 39.3 Å². The van der Waals surface area contributed by atoms with Gasteiger partial charge in [-0.3, -0.25) is 9.59 Å². The number of piperidine rings is 2. The number of hydrogen-bond acceptors (Lipinski definition) is 3. The highest BCUT2D eigenvalue weighted by Gasteiger charge is 2.39. The van der Waals surface area contributed by atoms with Gasteiger partial charge in [0.05, 0.1) is 0 Å². The van der Waals surface area contributed by atoms with Gasteiger partial charge >= 0.3 is 0 Å². The molecule has 2 amide bonds. The maximum atomic E-state index is 13.3. The van der Waals surface area contributed by atoms with Gasteiger partial charge in [-0.15, -0.1) is 0 Å². The van der Waals surface area contributed by atoms with E-state index in [9.17, 15) is 14.0 Å². The van der Waals surface area contributed by atoms with E-state index in [-0.39, 0.29) is 23.7 Å². The van der Waals surface area contributed by atoms with Crippen molar-refractivity contribution in [1.82, 2.24) is 14.7 Å². The predicted molar refractivity (Wildman–Crippen MR) is 113 cm³/mol. The topological polar surface area (TPSA) is 43.9 Å². The second-order valence-corrected chi connectivity index (χ2v) is 7.94. The minimum Gasteiger partial charge on any atom is -0.339 e. The van der Waals surface area contributed by atoms with Crippen LogP contribution in [-0.2, 0) is 9.59 Å². The standard InChI is InChI=1S/C23H32FN3O2/c1-3-25(4-2)14-15-27-21-12-13-26(17-19(21)9-11-23(27)29)22(28)10-8-18-6-5-7-20(24)16-18/h5-8,10,16,19,21H,3-4,9,11-15,17H2,1-2H3/b10-8+/t19-,21+/m1/s1. The molecule has 0 spiro atoms. The molecule has 2 heterocycles. The number of hydrogen-bond donors (Lipinski definition) is 0. The Kier molecular flexibility index (Phi) is 7.42. The number of amides is 2. The fourth-order valence-corrected chi connectivity index (χ4v) is 4.51. The molecule has 1 aromatic rings. The number of likely N-dealkylation sites (N-methyl/N-ethyl adjacent to an activating group) is 1. The second-order valence-electron chi connectivity index (χ2n) is 7.94. The van der Waals surface area contributed by atoms with Crippen LogP contribution in [0.4, 0.5) is 4.39 Å². The Hall–Kier alpha value is -2.21. The summed E-state index contributed by atoms with van der Waals surface area (Å²) in [5.41, 5.74) is 0.680. The third-order valence-electron chi connectivity index (χ3n) is 6.27. The number of nitrogens with zero attached hydrogens (tertiary/aromatic N) is 3. The third-order valence-corrected chi connectivity index (χ3v) is 6.27. The minimum absolute atomic E-state index is 0.0423. The molecular weight excluding hydrogens is 369 g/mol. The van der Waals surface area contributed by atoms with E-state index < -0.39 is 0 Å². The summed E-state index contributed by atoms with van der Waals surface area (Å²) >= 11 is 0. The van der Waals surface area contributed by atoms with Crippen LogP contribution in [0.25, 0.3) is 6.08 Å². The number of benzene rings is 1. The van der Waals surface area contributed by atoms with Crippen molar-refractivity contribution >= 4 is 17.9 Å². The lowest BCUT2D eigenvalue weighted by molar-refractivity contribution is -0.143. The van der Waals surface area contributed by atoms with E-state index in [1.165, 1.54) is 18.2 Å². The Morgan fingerprint density at radius 3 is 2.79 bits per heavy atom. The summed E-state index contributed by atoms with van der Waals surface area (Å²) in [6, 6.07) is 6.45. The highest BCUT2D eigenvalue weighted by atomic mass is 19.1. The van der Waals surface area contributed by atoms with Crippen LogP contribution in [0.2, 0.25) is 0 Å². The average molecular weight is 402 g/mol. The lowest BCUT2D eigenvalue weighted by Gasteiger charge is -2.47. The first-order chi connectivity index (χ1) is 14.0. The minimum atomic E-state index is -0.308. The van der Waals surface area contributed by atoms with Crippen LogP contribution in [0.5, 0.6) is 0 Å². The summed E-state index contributed by atoms with van der Waals surface area (Å²) in [6.07, 6.45) is 5.44. The summed E-state index contributed by atoms with van der Waals surface area (Å²) < 4.78 is 13.3. The molecule has 6 heteroatoms. The van der Waals surface area contributed by atoms with Crippen LogP contribution >= 0.6 is 0 Å². The molecule has 2 aliphatic heterocycles. The SMILES string of the molecule is CCN(CC)CCN1C(=O)CC[C@@H]2CN(C(=O)/C=C/c3cccc(F)c3)CC[C@@H]21. The first-order valence-corrected chi connectivity index (χ1v) is 10.8. The fraction of sp³-hybridized carbons (Fsp3) is 0.565. The highest BCUT2D eigenvalue weighted by molar-refractivity contribution is 5.92. The molecule has 2 atom stereocenters. The lowest BCUT2D eigenvalue weighted by Crippen LogP contribution is -2.57. The first kappa shape index (κ1) is 21.5. The van der Waals surface area contributed by atoms with E-state index >= 15 is 0 Å². The smallest absolute Gasteiger partial charge is 0.246 e. The zero-order chi connectivity index (χ0) is 20.8. The van der Waals surface area contributed by atoms with E-state index in [0.717, 1.165) is 39.0 Å². The molecule has 2 saturated heterocycles. The molecule has 0 N–H and O–H groups in total. The third kappa shape index (κ3) is 5.44. The van der Waals surface area contributed by atoms with Gasteiger partial charge in [-0.2, -0.15) is 0 Å². The van der Waals surface area contributed by atoms with Crippen molar-refractivity contribution in [3.63, 3.8) is 0 Å². The molecule has 1 aromatic carbocycles. The summed E-state index contributed by atoms with van der Waals surface area (Å²) in [5, 5.41) is 0. The molecule has 158 valence electrons. The average Bonchev–Trinajstić information content (AvgIpc) is 2.73. The number of halogens is 1. The molecule has 0 saturated carbocycles. The van der Waals surface area contributed by atoms with Crippen molar-refractivity contribution in [3.8, 4) is 0 Å². The molecule has 0 unspecified atom stereocenters. The van der Waals surface area contributed by atoms with Gasteiger partial charge in [0.25, 0.3) is 0 Å². The monoisotopic (exact) mass is 401 g/mol. The molecule has 3 rings (SSSR count). The molecule has 2 aliphatic rings. The Labute approximate surface area is 173 Å². The van der Waals surface area contributed by atoms with Gasteiger partial charge in [-0.05, 0) is 55.6 Å². The Morgan fingerprint density at radius 1 is 1.28 bits per heavy atom. The van der Waals surface area contributed by atoms with Crippen molar-refractivity contribution in [2.24, 2.45) is 5.92 Å². The maximum Gasteiger partial charge on any atom is 0.246 e. The summed E-state index contributed by atoms with van der Waals surface area (Å²) in [6.45, 7) is 9.29. The summed E-state index contributed by atoms with van der Waals surface area (Å²) in [7, 11) is 0. The van der Waals surface area contributed by atoms with Crippen LogP contribution in [0.1, 0.15) is 38.7 Å². The number of fused-ring (bicyclic) bond motifs is 1. The Bertz CT molecular complexity index is 747. The first-order valence-electron chi connectivity index (χ1n) is 10.8. The number of carbonyl (C=O) groups is 2. The normalized spacial score (nSPS) is 22.4. The zero-order valence-corrected chi connectivity index (χ0v) is 17.5. The van der Waals surface area contributed by atoms with Crippen LogP contribution in [0.15, 0.2) is 30.3 Å². The fourth-order valence-electron chi connectivity index (χ4n) is 4.51. The molecule has 5 nitrogen and oxygen atoms in total. The summed E-state index contributed by atoms with van der Waals surface area (Å²) in [5.74, 6) is 0.241. The van der Waals surface area contributed by atoms with Gasteiger partial charge < -0.3 is 14.7 Å². The molecule has 0 aliphatic carbocycles. The van der Waals surface area contributed by atoms with E-state index in [0.29, 0.717) is 31.0 Å². The van der Waals surface area contributed by atoms with Gasteiger partial charge in [0.15, 0.2) is 0 Å². The van der Waals surface area contributed by atoms with Crippen LogP contribution in [0, 0.1) is 11.7 Å². The molecule has 0 radical (unpaired) electrons. The number of carbonyl (C=O) groups excluding carboxylic acids is 2. The van der Waals surface area contributed by atoms with Crippen molar-refractivity contribution in [3.05, 3.63) is 41.7 Å². The predicted octanol–water partition coefficient (Wildman–Crippen LogP) is 3.02. The zero-order valence-electron chi connectivity index (χ0n) is 17.5.